The predicted molar refractivity (Wildman–Crippen MR) is 97.1 cm³/mol. The summed E-state index contributed by atoms with van der Waals surface area (Å²) < 4.78 is 7.04. The Kier molecular flexibility index (Phi) is 4.49. The molecule has 3 aromatic heterocycles. The number of anilines is 1. The smallest absolute Gasteiger partial charge is 0.150 e. The van der Waals surface area contributed by atoms with Crippen molar-refractivity contribution in [1.29, 1.82) is 0 Å². The van der Waals surface area contributed by atoms with Crippen molar-refractivity contribution in [2.45, 2.75) is 12.8 Å². The maximum Gasteiger partial charge on any atom is 0.150 e. The topological polar surface area (TPSA) is 51.1 Å². The van der Waals surface area contributed by atoms with Crippen molar-refractivity contribution in [3.05, 3.63) is 41.3 Å². The van der Waals surface area contributed by atoms with Crippen LogP contribution in [0, 0.1) is 5.92 Å². The molecule has 0 aliphatic carbocycles. The zero-order valence-electron chi connectivity index (χ0n) is 13.1. The molecule has 4 heterocycles. The Morgan fingerprint density at radius 1 is 1.25 bits per heavy atom. The Bertz CT molecular complexity index is 832. The highest BCUT2D eigenvalue weighted by Gasteiger charge is 2.22. The van der Waals surface area contributed by atoms with Gasteiger partial charge in [-0.1, -0.05) is 11.6 Å². The number of hydrogen-bond acceptors (Lipinski definition) is 6. The summed E-state index contributed by atoms with van der Waals surface area (Å²) in [5.74, 6) is 2.31. The largest absolute Gasteiger partial charge is 0.492 e. The molecule has 0 spiro atoms. The molecule has 124 valence electrons. The summed E-state index contributed by atoms with van der Waals surface area (Å²) in [4.78, 5) is 15.2. The normalized spacial score (nSPS) is 15.8. The molecule has 3 aromatic rings. The summed E-state index contributed by atoms with van der Waals surface area (Å²) in [5.41, 5.74) is 1.03. The number of thiophene rings is 1. The van der Waals surface area contributed by atoms with Crippen molar-refractivity contribution in [1.82, 2.24) is 15.0 Å². The van der Waals surface area contributed by atoms with Gasteiger partial charge in [0.1, 0.15) is 22.9 Å². The van der Waals surface area contributed by atoms with E-state index < -0.39 is 0 Å². The summed E-state index contributed by atoms with van der Waals surface area (Å²) in [6, 6.07) is 3.86. The first-order valence-electron chi connectivity index (χ1n) is 7.97. The second-order valence-corrected chi connectivity index (χ2v) is 7.20. The molecule has 0 aromatic carbocycles. The van der Waals surface area contributed by atoms with Gasteiger partial charge in [0, 0.05) is 31.5 Å². The summed E-state index contributed by atoms with van der Waals surface area (Å²) in [6.45, 7) is 2.67. The molecule has 1 fully saturated rings. The second kappa shape index (κ2) is 6.91. The Labute approximate surface area is 149 Å². The first kappa shape index (κ1) is 15.6. The minimum absolute atomic E-state index is 0.533. The molecule has 0 unspecified atom stereocenters. The van der Waals surface area contributed by atoms with E-state index in [1.807, 2.05) is 12.1 Å². The Balaban J connectivity index is 1.37. The molecule has 1 aliphatic rings. The molecule has 7 heteroatoms. The quantitative estimate of drug-likeness (QED) is 0.703. The number of ether oxygens (including phenoxy) is 1. The Morgan fingerprint density at radius 3 is 2.96 bits per heavy atom. The number of piperidine rings is 1. The number of hydrogen-bond donors (Lipinski definition) is 0. The Morgan fingerprint density at radius 2 is 2.12 bits per heavy atom. The minimum atomic E-state index is 0.533. The predicted octanol–water partition coefficient (Wildman–Crippen LogP) is 4.04. The number of fused-ring (bicyclic) bond motifs is 1. The van der Waals surface area contributed by atoms with Crippen molar-refractivity contribution in [2.75, 3.05) is 24.6 Å². The van der Waals surface area contributed by atoms with Gasteiger partial charge in [-0.05, 0) is 30.2 Å². The number of pyridine rings is 1. The van der Waals surface area contributed by atoms with E-state index in [1.54, 1.807) is 30.1 Å². The van der Waals surface area contributed by atoms with Crippen LogP contribution in [0.5, 0.6) is 5.75 Å². The molecule has 0 bridgehead atoms. The van der Waals surface area contributed by atoms with Gasteiger partial charge in [0.2, 0.25) is 0 Å². The molecule has 0 amide bonds. The molecule has 1 saturated heterocycles. The molecule has 4 rings (SSSR count). The van der Waals surface area contributed by atoms with E-state index in [-0.39, 0.29) is 0 Å². The third-order valence-electron chi connectivity index (χ3n) is 4.35. The summed E-state index contributed by atoms with van der Waals surface area (Å²) in [5, 5.41) is 2.64. The molecule has 0 N–H and O–H groups in total. The van der Waals surface area contributed by atoms with Crippen LogP contribution in [-0.2, 0) is 0 Å². The fraction of sp³-hybridized carbons (Fsp3) is 0.353. The minimum Gasteiger partial charge on any atom is -0.492 e. The highest BCUT2D eigenvalue weighted by Crippen LogP contribution is 2.31. The zero-order chi connectivity index (χ0) is 16.4. The molecule has 0 radical (unpaired) electrons. The van der Waals surface area contributed by atoms with Gasteiger partial charge in [-0.15, -0.1) is 11.3 Å². The summed E-state index contributed by atoms with van der Waals surface area (Å²) >= 11 is 7.79. The monoisotopic (exact) mass is 360 g/mol. The van der Waals surface area contributed by atoms with Crippen LogP contribution in [0.25, 0.3) is 10.2 Å². The SMILES string of the molecule is Clc1cnccc1OCC1CCN(c2ncnc3ccsc23)CC1. The molecular formula is C17H17ClN4OS. The third kappa shape index (κ3) is 3.16. The number of aromatic nitrogens is 3. The van der Waals surface area contributed by atoms with E-state index in [4.69, 9.17) is 16.3 Å². The van der Waals surface area contributed by atoms with Gasteiger partial charge in [0.05, 0.1) is 16.8 Å². The Hall–Kier alpha value is -1.92. The number of nitrogens with zero attached hydrogens (tertiary/aromatic N) is 4. The number of rotatable bonds is 4. The van der Waals surface area contributed by atoms with Gasteiger partial charge in [-0.25, -0.2) is 9.97 Å². The van der Waals surface area contributed by atoms with E-state index >= 15 is 0 Å². The lowest BCUT2D eigenvalue weighted by molar-refractivity contribution is 0.222. The van der Waals surface area contributed by atoms with E-state index in [2.05, 4.69) is 25.2 Å². The van der Waals surface area contributed by atoms with E-state index in [0.717, 1.165) is 37.3 Å². The fourth-order valence-electron chi connectivity index (χ4n) is 3.00. The molecule has 24 heavy (non-hydrogen) atoms. The van der Waals surface area contributed by atoms with E-state index in [9.17, 15) is 0 Å². The van der Waals surface area contributed by atoms with Crippen LogP contribution in [0.1, 0.15) is 12.8 Å². The fourth-order valence-corrected chi connectivity index (χ4v) is 4.04. The van der Waals surface area contributed by atoms with Crippen molar-refractivity contribution in [3.63, 3.8) is 0 Å². The van der Waals surface area contributed by atoms with Crippen molar-refractivity contribution >= 4 is 39.0 Å². The van der Waals surface area contributed by atoms with Crippen molar-refractivity contribution in [3.8, 4) is 5.75 Å². The average molecular weight is 361 g/mol. The highest BCUT2D eigenvalue weighted by atomic mass is 35.5. The standard InChI is InChI=1S/C17H17ClN4OS/c18-13-9-19-5-1-15(13)23-10-12-2-6-22(7-3-12)17-16-14(4-8-24-16)20-11-21-17/h1,4-5,8-9,11-12H,2-3,6-7,10H2. The lowest BCUT2D eigenvalue weighted by atomic mass is 9.98. The van der Waals surface area contributed by atoms with Crippen LogP contribution in [0.4, 0.5) is 5.82 Å². The van der Waals surface area contributed by atoms with Crippen LogP contribution < -0.4 is 9.64 Å². The van der Waals surface area contributed by atoms with E-state index in [1.165, 1.54) is 4.70 Å². The van der Waals surface area contributed by atoms with Crippen molar-refractivity contribution in [2.24, 2.45) is 5.92 Å². The molecule has 5 nitrogen and oxygen atoms in total. The summed E-state index contributed by atoms with van der Waals surface area (Å²) in [7, 11) is 0. The second-order valence-electron chi connectivity index (χ2n) is 5.88. The van der Waals surface area contributed by atoms with Gasteiger partial charge in [-0.3, -0.25) is 4.98 Å². The van der Waals surface area contributed by atoms with Gasteiger partial charge < -0.3 is 9.64 Å². The first-order chi connectivity index (χ1) is 11.8. The van der Waals surface area contributed by atoms with Gasteiger partial charge in [-0.2, -0.15) is 0 Å². The lowest BCUT2D eigenvalue weighted by Crippen LogP contribution is -2.36. The van der Waals surface area contributed by atoms with Crippen LogP contribution in [0.3, 0.4) is 0 Å². The number of halogens is 1. The van der Waals surface area contributed by atoms with Crippen LogP contribution >= 0.6 is 22.9 Å². The van der Waals surface area contributed by atoms with Gasteiger partial charge >= 0.3 is 0 Å². The van der Waals surface area contributed by atoms with Gasteiger partial charge in [0.25, 0.3) is 0 Å². The first-order valence-corrected chi connectivity index (χ1v) is 9.22. The van der Waals surface area contributed by atoms with Crippen LogP contribution in [-0.4, -0.2) is 34.6 Å². The maximum atomic E-state index is 6.08. The van der Waals surface area contributed by atoms with Crippen LogP contribution in [0.2, 0.25) is 5.02 Å². The third-order valence-corrected chi connectivity index (χ3v) is 5.53. The zero-order valence-corrected chi connectivity index (χ0v) is 14.6. The molecule has 1 aliphatic heterocycles. The molecule has 0 saturated carbocycles. The average Bonchev–Trinajstić information content (AvgIpc) is 3.10. The highest BCUT2D eigenvalue weighted by molar-refractivity contribution is 7.17. The lowest BCUT2D eigenvalue weighted by Gasteiger charge is -2.32. The van der Waals surface area contributed by atoms with Crippen LogP contribution in [0.15, 0.2) is 36.2 Å². The molecular weight excluding hydrogens is 344 g/mol. The van der Waals surface area contributed by atoms with E-state index in [0.29, 0.717) is 23.3 Å². The maximum absolute atomic E-state index is 6.08. The van der Waals surface area contributed by atoms with Gasteiger partial charge in [0.15, 0.2) is 0 Å². The van der Waals surface area contributed by atoms with Crippen molar-refractivity contribution < 1.29 is 4.74 Å². The molecule has 0 atom stereocenters. The summed E-state index contributed by atoms with van der Waals surface area (Å²) in [6.07, 6.45) is 7.14.